The molecule has 3 aromatic carbocycles. The molecule has 0 saturated carbocycles. The summed E-state index contributed by atoms with van der Waals surface area (Å²) in [5.74, 6) is -0.759. The van der Waals surface area contributed by atoms with Gasteiger partial charge in [0.05, 0.1) is 13.5 Å². The number of furan rings is 1. The van der Waals surface area contributed by atoms with Gasteiger partial charge >= 0.3 is 5.91 Å². The summed E-state index contributed by atoms with van der Waals surface area (Å²) >= 11 is 0. The number of hydrazine groups is 1. The first-order valence-corrected chi connectivity index (χ1v) is 9.55. The molecule has 6 nitrogen and oxygen atoms in total. The summed E-state index contributed by atoms with van der Waals surface area (Å²) in [7, 11) is 1.55. The van der Waals surface area contributed by atoms with E-state index in [9.17, 15) is 14.0 Å². The van der Waals surface area contributed by atoms with Crippen LogP contribution < -0.4 is 15.6 Å². The zero-order valence-electron chi connectivity index (χ0n) is 16.6. The quantitative estimate of drug-likeness (QED) is 0.475. The van der Waals surface area contributed by atoms with Crippen LogP contribution in [0.15, 0.2) is 77.2 Å². The van der Waals surface area contributed by atoms with Gasteiger partial charge in [0, 0.05) is 17.0 Å². The number of rotatable bonds is 5. The second-order valence-corrected chi connectivity index (χ2v) is 6.84. The maximum atomic E-state index is 13.0. The number of amides is 2. The van der Waals surface area contributed by atoms with Gasteiger partial charge in [-0.3, -0.25) is 20.4 Å². The summed E-state index contributed by atoms with van der Waals surface area (Å²) in [6.07, 6.45) is -0.0105. The predicted octanol–water partition coefficient (Wildman–Crippen LogP) is 4.25. The Bertz CT molecular complexity index is 1230. The Morgan fingerprint density at radius 2 is 1.71 bits per heavy atom. The molecule has 156 valence electrons. The lowest BCUT2D eigenvalue weighted by atomic mass is 10.0. The molecule has 0 atom stereocenters. The molecular weight excluding hydrogens is 399 g/mol. The van der Waals surface area contributed by atoms with E-state index in [1.807, 2.05) is 36.4 Å². The van der Waals surface area contributed by atoms with E-state index in [2.05, 4.69) is 10.9 Å². The van der Waals surface area contributed by atoms with Gasteiger partial charge in [0.1, 0.15) is 17.1 Å². The molecule has 31 heavy (non-hydrogen) atoms. The topological polar surface area (TPSA) is 80.6 Å². The van der Waals surface area contributed by atoms with Gasteiger partial charge < -0.3 is 9.15 Å². The van der Waals surface area contributed by atoms with Crippen LogP contribution in [0.5, 0.6) is 5.75 Å². The van der Waals surface area contributed by atoms with Crippen LogP contribution in [-0.2, 0) is 11.2 Å². The molecule has 4 rings (SSSR count). The first-order valence-electron chi connectivity index (χ1n) is 9.55. The average molecular weight is 418 g/mol. The van der Waals surface area contributed by atoms with E-state index in [0.29, 0.717) is 22.5 Å². The van der Waals surface area contributed by atoms with Gasteiger partial charge in [-0.05, 0) is 35.4 Å². The Labute approximate surface area is 177 Å². The van der Waals surface area contributed by atoms with Crippen molar-refractivity contribution in [3.63, 3.8) is 0 Å². The van der Waals surface area contributed by atoms with Gasteiger partial charge in [-0.1, -0.05) is 42.5 Å². The number of fused-ring (bicyclic) bond motifs is 1. The molecule has 7 heteroatoms. The zero-order chi connectivity index (χ0) is 21.8. The smallest absolute Gasteiger partial charge is 0.306 e. The van der Waals surface area contributed by atoms with Crippen LogP contribution in [0.4, 0.5) is 4.39 Å². The number of nitrogens with one attached hydrogen (secondary N) is 2. The minimum absolute atomic E-state index is 0.0105. The van der Waals surface area contributed by atoms with Crippen LogP contribution in [0, 0.1) is 5.82 Å². The second kappa shape index (κ2) is 8.71. The molecule has 0 aliphatic rings. The molecule has 1 heterocycles. The fraction of sp³-hybridized carbons (Fsp3) is 0.0833. The van der Waals surface area contributed by atoms with Crippen molar-refractivity contribution in [2.75, 3.05) is 7.11 Å². The molecule has 0 radical (unpaired) electrons. The van der Waals surface area contributed by atoms with Crippen molar-refractivity contribution in [3.05, 3.63) is 89.9 Å². The fourth-order valence-corrected chi connectivity index (χ4v) is 3.27. The highest BCUT2D eigenvalue weighted by Crippen LogP contribution is 2.36. The monoisotopic (exact) mass is 418 g/mol. The lowest BCUT2D eigenvalue weighted by molar-refractivity contribution is -0.121. The van der Waals surface area contributed by atoms with Crippen molar-refractivity contribution in [2.24, 2.45) is 0 Å². The standard InChI is InChI=1S/C24H19FN2O4/c1-30-18-11-12-19-20(14-18)31-23(22(19)16-5-3-2-4-6-16)24(29)27-26-21(28)13-15-7-9-17(25)10-8-15/h2-12,14H,13H2,1H3,(H,26,28)(H,27,29). The molecule has 2 amide bonds. The number of halogens is 1. The van der Waals surface area contributed by atoms with E-state index >= 15 is 0 Å². The van der Waals surface area contributed by atoms with Gasteiger partial charge in [-0.15, -0.1) is 0 Å². The highest BCUT2D eigenvalue weighted by atomic mass is 19.1. The third kappa shape index (κ3) is 4.40. The zero-order valence-corrected chi connectivity index (χ0v) is 16.6. The third-order valence-corrected chi connectivity index (χ3v) is 4.76. The third-order valence-electron chi connectivity index (χ3n) is 4.76. The van der Waals surface area contributed by atoms with Crippen molar-refractivity contribution in [2.45, 2.75) is 6.42 Å². The summed E-state index contributed by atoms with van der Waals surface area (Å²) in [6.45, 7) is 0. The average Bonchev–Trinajstić information content (AvgIpc) is 3.18. The van der Waals surface area contributed by atoms with Crippen molar-refractivity contribution in [1.29, 1.82) is 0 Å². The molecule has 0 spiro atoms. The number of ether oxygens (including phenoxy) is 1. The highest BCUT2D eigenvalue weighted by molar-refractivity contribution is 6.08. The summed E-state index contributed by atoms with van der Waals surface area (Å²) in [5, 5.41) is 0.745. The minimum Gasteiger partial charge on any atom is -0.497 e. The molecule has 1 aromatic heterocycles. The summed E-state index contributed by atoms with van der Waals surface area (Å²) < 4.78 is 24.1. The fourth-order valence-electron chi connectivity index (χ4n) is 3.27. The Morgan fingerprint density at radius 3 is 2.42 bits per heavy atom. The van der Waals surface area contributed by atoms with Crippen LogP contribution in [0.3, 0.4) is 0 Å². The van der Waals surface area contributed by atoms with E-state index in [4.69, 9.17) is 9.15 Å². The Kier molecular flexibility index (Phi) is 5.66. The molecule has 0 aliphatic carbocycles. The van der Waals surface area contributed by atoms with Gasteiger partial charge in [0.2, 0.25) is 11.7 Å². The van der Waals surface area contributed by atoms with Crippen LogP contribution >= 0.6 is 0 Å². The van der Waals surface area contributed by atoms with Gasteiger partial charge in [-0.25, -0.2) is 4.39 Å². The van der Waals surface area contributed by atoms with Gasteiger partial charge in [-0.2, -0.15) is 0 Å². The molecule has 0 unspecified atom stereocenters. The van der Waals surface area contributed by atoms with Gasteiger partial charge in [0.25, 0.3) is 0 Å². The van der Waals surface area contributed by atoms with Gasteiger partial charge in [0.15, 0.2) is 0 Å². The Balaban J connectivity index is 1.58. The molecule has 0 fully saturated rings. The van der Waals surface area contributed by atoms with Crippen molar-refractivity contribution >= 4 is 22.8 Å². The second-order valence-electron chi connectivity index (χ2n) is 6.84. The molecule has 0 aliphatic heterocycles. The number of benzene rings is 3. The van der Waals surface area contributed by atoms with Crippen molar-refractivity contribution in [3.8, 4) is 16.9 Å². The molecular formula is C24H19FN2O4. The van der Waals surface area contributed by atoms with Crippen molar-refractivity contribution in [1.82, 2.24) is 10.9 Å². The number of methoxy groups -OCH3 is 1. The first-order chi connectivity index (χ1) is 15.0. The Hall–Kier alpha value is -4.13. The normalized spacial score (nSPS) is 10.6. The first kappa shape index (κ1) is 20.2. The van der Waals surface area contributed by atoms with Crippen molar-refractivity contribution < 1.29 is 23.1 Å². The molecule has 0 saturated heterocycles. The van der Waals surface area contributed by atoms with E-state index in [-0.39, 0.29) is 18.0 Å². The van der Waals surface area contributed by atoms with Crippen LogP contribution in [-0.4, -0.2) is 18.9 Å². The maximum absolute atomic E-state index is 13.0. The molecule has 0 bridgehead atoms. The number of hydrogen-bond donors (Lipinski definition) is 2. The largest absolute Gasteiger partial charge is 0.497 e. The Morgan fingerprint density at radius 1 is 0.968 bits per heavy atom. The summed E-state index contributed by atoms with van der Waals surface area (Å²) in [4.78, 5) is 25.0. The lowest BCUT2D eigenvalue weighted by Crippen LogP contribution is -2.42. The van der Waals surface area contributed by atoms with E-state index in [1.54, 1.807) is 19.2 Å². The van der Waals surface area contributed by atoms with E-state index in [1.165, 1.54) is 24.3 Å². The number of carbonyl (C=O) groups excluding carboxylic acids is 2. The van der Waals surface area contributed by atoms with E-state index < -0.39 is 11.8 Å². The summed E-state index contributed by atoms with van der Waals surface area (Å²) in [5.41, 5.74) is 7.29. The van der Waals surface area contributed by atoms with Crippen LogP contribution in [0.1, 0.15) is 16.1 Å². The highest BCUT2D eigenvalue weighted by Gasteiger charge is 2.22. The van der Waals surface area contributed by atoms with Crippen LogP contribution in [0.25, 0.3) is 22.1 Å². The predicted molar refractivity (Wildman–Crippen MR) is 114 cm³/mol. The minimum atomic E-state index is -0.596. The van der Waals surface area contributed by atoms with E-state index in [0.717, 1.165) is 10.9 Å². The summed E-state index contributed by atoms with van der Waals surface area (Å²) in [6, 6.07) is 20.2. The SMILES string of the molecule is COc1ccc2c(-c3ccccc3)c(C(=O)NNC(=O)Cc3ccc(F)cc3)oc2c1. The molecule has 2 N–H and O–H groups in total. The molecule has 4 aromatic rings. The lowest BCUT2D eigenvalue weighted by Gasteiger charge is -2.08. The number of carbonyl (C=O) groups is 2. The maximum Gasteiger partial charge on any atom is 0.306 e. The van der Waals surface area contributed by atoms with Crippen LogP contribution in [0.2, 0.25) is 0 Å². The number of hydrogen-bond acceptors (Lipinski definition) is 4.